The van der Waals surface area contributed by atoms with E-state index in [0.717, 1.165) is 11.3 Å². The Labute approximate surface area is 127 Å². The van der Waals surface area contributed by atoms with Gasteiger partial charge in [-0.1, -0.05) is 0 Å². The lowest BCUT2D eigenvalue weighted by Crippen LogP contribution is -2.38. The van der Waals surface area contributed by atoms with Crippen LogP contribution in [0.5, 0.6) is 0 Å². The van der Waals surface area contributed by atoms with Crippen LogP contribution in [-0.2, 0) is 22.0 Å². The maximum Gasteiger partial charge on any atom is 0.253 e. The normalized spacial score (nSPS) is 16.6. The van der Waals surface area contributed by atoms with Crippen molar-refractivity contribution in [3.63, 3.8) is 0 Å². The van der Waals surface area contributed by atoms with Gasteiger partial charge in [0.25, 0.3) is 5.91 Å². The quantitative estimate of drug-likeness (QED) is 0.914. The summed E-state index contributed by atoms with van der Waals surface area (Å²) in [6.07, 6.45) is 2.74. The number of carbonyl (C=O) groups is 2. The lowest BCUT2D eigenvalue weighted by molar-refractivity contribution is -0.116. The van der Waals surface area contributed by atoms with E-state index in [4.69, 9.17) is 0 Å². The Bertz CT molecular complexity index is 601. The maximum absolute atomic E-state index is 12.5. The van der Waals surface area contributed by atoms with Crippen LogP contribution in [0.15, 0.2) is 18.2 Å². The second kappa shape index (κ2) is 6.39. The fourth-order valence-corrected chi connectivity index (χ4v) is 3.27. The maximum atomic E-state index is 12.5. The number of nitrogens with zero attached hydrogens (tertiary/aromatic N) is 1. The topological polar surface area (TPSA) is 66.5 Å². The molecule has 0 saturated heterocycles. The first-order valence-electron chi connectivity index (χ1n) is 6.88. The van der Waals surface area contributed by atoms with E-state index >= 15 is 0 Å². The van der Waals surface area contributed by atoms with Crippen molar-refractivity contribution in [1.29, 1.82) is 0 Å². The lowest BCUT2D eigenvalue weighted by atomic mass is 10.00. The van der Waals surface area contributed by atoms with Crippen molar-refractivity contribution < 1.29 is 13.8 Å². The van der Waals surface area contributed by atoms with Crippen molar-refractivity contribution in [2.75, 3.05) is 24.4 Å². The van der Waals surface area contributed by atoms with Crippen molar-refractivity contribution in [1.82, 2.24) is 4.90 Å². The molecule has 1 heterocycles. The molecule has 2 rings (SSSR count). The highest BCUT2D eigenvalue weighted by Gasteiger charge is 2.21. The van der Waals surface area contributed by atoms with Gasteiger partial charge in [0.05, 0.1) is 0 Å². The summed E-state index contributed by atoms with van der Waals surface area (Å²) in [6, 6.07) is 5.25. The molecule has 1 aliphatic heterocycles. The van der Waals surface area contributed by atoms with Crippen LogP contribution in [0.25, 0.3) is 0 Å². The third kappa shape index (κ3) is 3.69. The van der Waals surface area contributed by atoms with E-state index in [-0.39, 0.29) is 17.9 Å². The molecule has 1 aromatic carbocycles. The number of hydrogen-bond donors (Lipinski definition) is 1. The van der Waals surface area contributed by atoms with Gasteiger partial charge < -0.3 is 10.2 Å². The highest BCUT2D eigenvalue weighted by atomic mass is 32.2. The van der Waals surface area contributed by atoms with Gasteiger partial charge in [-0.05, 0) is 37.1 Å². The molecule has 0 bridgehead atoms. The number of fused-ring (bicyclic) bond motifs is 1. The van der Waals surface area contributed by atoms with Crippen LogP contribution >= 0.6 is 0 Å². The van der Waals surface area contributed by atoms with Gasteiger partial charge in [0.2, 0.25) is 5.91 Å². The number of benzene rings is 1. The number of amides is 2. The molecule has 0 aliphatic carbocycles. The monoisotopic (exact) mass is 308 g/mol. The number of rotatable bonds is 4. The van der Waals surface area contributed by atoms with Gasteiger partial charge in [-0.25, -0.2) is 0 Å². The zero-order chi connectivity index (χ0) is 15.6. The van der Waals surface area contributed by atoms with Crippen LogP contribution in [-0.4, -0.2) is 46.0 Å². The molecule has 0 fully saturated rings. The second-order valence-electron chi connectivity index (χ2n) is 5.43. The van der Waals surface area contributed by atoms with Gasteiger partial charge >= 0.3 is 0 Å². The van der Waals surface area contributed by atoms with Gasteiger partial charge in [-0.3, -0.25) is 13.8 Å². The van der Waals surface area contributed by atoms with E-state index in [2.05, 4.69) is 5.32 Å². The fourth-order valence-electron chi connectivity index (χ4n) is 2.37. The third-order valence-electron chi connectivity index (χ3n) is 3.71. The Morgan fingerprint density at radius 1 is 1.43 bits per heavy atom. The highest BCUT2D eigenvalue weighted by molar-refractivity contribution is 7.84. The molecule has 2 unspecified atom stereocenters. The number of nitrogens with one attached hydrogen (secondary N) is 1. The molecule has 2 amide bonds. The minimum Gasteiger partial charge on any atom is -0.338 e. The van der Waals surface area contributed by atoms with Crippen LogP contribution in [0, 0.1) is 0 Å². The van der Waals surface area contributed by atoms with E-state index in [0.29, 0.717) is 24.2 Å². The minimum absolute atomic E-state index is 0.0118. The molecular formula is C15H20N2O3S. The minimum atomic E-state index is -0.937. The first kappa shape index (κ1) is 15.7. The molecule has 21 heavy (non-hydrogen) atoms. The standard InChI is InChI=1S/C15H20N2O3S/c1-10(9-21(3)20)17(2)15(19)12-4-6-13-11(8-12)5-7-14(18)16-13/h4,6,8,10H,5,7,9H2,1-3H3,(H,16,18). The highest BCUT2D eigenvalue weighted by Crippen LogP contribution is 2.24. The largest absolute Gasteiger partial charge is 0.338 e. The zero-order valence-electron chi connectivity index (χ0n) is 12.5. The predicted molar refractivity (Wildman–Crippen MR) is 83.9 cm³/mol. The Morgan fingerprint density at radius 3 is 2.81 bits per heavy atom. The molecule has 2 atom stereocenters. The van der Waals surface area contributed by atoms with E-state index < -0.39 is 10.8 Å². The summed E-state index contributed by atoms with van der Waals surface area (Å²) in [5.41, 5.74) is 2.37. The average molecular weight is 308 g/mol. The van der Waals surface area contributed by atoms with E-state index in [1.165, 1.54) is 0 Å². The number of aryl methyl sites for hydroxylation is 1. The molecule has 114 valence electrons. The number of carbonyl (C=O) groups excluding carboxylic acids is 2. The van der Waals surface area contributed by atoms with Crippen molar-refractivity contribution in [3.8, 4) is 0 Å². The summed E-state index contributed by atoms with van der Waals surface area (Å²) < 4.78 is 11.3. The predicted octanol–water partition coefficient (Wildman–Crippen LogP) is 1.41. The molecule has 6 heteroatoms. The lowest BCUT2D eigenvalue weighted by Gasteiger charge is -2.25. The smallest absolute Gasteiger partial charge is 0.253 e. The summed E-state index contributed by atoms with van der Waals surface area (Å²) in [7, 11) is 0.787. The molecule has 0 aromatic heterocycles. The summed E-state index contributed by atoms with van der Waals surface area (Å²) >= 11 is 0. The molecule has 0 saturated carbocycles. The van der Waals surface area contributed by atoms with Crippen molar-refractivity contribution in [2.24, 2.45) is 0 Å². The first-order chi connectivity index (χ1) is 9.88. The summed E-state index contributed by atoms with van der Waals surface area (Å²) in [5.74, 6) is 0.383. The fraction of sp³-hybridized carbons (Fsp3) is 0.467. The Balaban J connectivity index is 2.16. The summed E-state index contributed by atoms with van der Waals surface area (Å²) in [6.45, 7) is 1.89. The third-order valence-corrected chi connectivity index (χ3v) is 4.66. The Hall–Kier alpha value is -1.69. The van der Waals surface area contributed by atoms with E-state index in [9.17, 15) is 13.8 Å². The number of anilines is 1. The van der Waals surface area contributed by atoms with Crippen LogP contribution in [0.4, 0.5) is 5.69 Å². The average Bonchev–Trinajstić information content (AvgIpc) is 2.44. The van der Waals surface area contributed by atoms with Crippen LogP contribution in [0.1, 0.15) is 29.3 Å². The molecule has 5 nitrogen and oxygen atoms in total. The van der Waals surface area contributed by atoms with Crippen molar-refractivity contribution >= 4 is 28.3 Å². The molecule has 1 aliphatic rings. The molecule has 1 aromatic rings. The molecule has 0 radical (unpaired) electrons. The molecule has 1 N–H and O–H groups in total. The SMILES string of the molecule is CC(CS(C)=O)N(C)C(=O)c1ccc2c(c1)CCC(=O)N2. The summed E-state index contributed by atoms with van der Waals surface area (Å²) in [4.78, 5) is 25.4. The van der Waals surface area contributed by atoms with E-state index in [1.54, 1.807) is 30.3 Å². The first-order valence-corrected chi connectivity index (χ1v) is 8.61. The number of hydrogen-bond acceptors (Lipinski definition) is 3. The Morgan fingerprint density at radius 2 is 2.14 bits per heavy atom. The van der Waals surface area contributed by atoms with Crippen molar-refractivity contribution in [2.45, 2.75) is 25.8 Å². The van der Waals surface area contributed by atoms with Crippen molar-refractivity contribution in [3.05, 3.63) is 29.3 Å². The van der Waals surface area contributed by atoms with Gasteiger partial charge in [0, 0.05) is 53.6 Å². The summed E-state index contributed by atoms with van der Waals surface area (Å²) in [5, 5.41) is 2.80. The Kier molecular flexibility index (Phi) is 4.77. The molecule has 0 spiro atoms. The van der Waals surface area contributed by atoms with Gasteiger partial charge in [0.15, 0.2) is 0 Å². The van der Waals surface area contributed by atoms with Gasteiger partial charge in [-0.2, -0.15) is 0 Å². The van der Waals surface area contributed by atoms with Crippen LogP contribution in [0.2, 0.25) is 0 Å². The zero-order valence-corrected chi connectivity index (χ0v) is 13.3. The van der Waals surface area contributed by atoms with Gasteiger partial charge in [0.1, 0.15) is 0 Å². The van der Waals surface area contributed by atoms with Gasteiger partial charge in [-0.15, -0.1) is 0 Å². The van der Waals surface area contributed by atoms with E-state index in [1.807, 2.05) is 13.0 Å². The van der Waals surface area contributed by atoms with Crippen LogP contribution in [0.3, 0.4) is 0 Å². The second-order valence-corrected chi connectivity index (χ2v) is 6.90. The molecular weight excluding hydrogens is 288 g/mol. The van der Waals surface area contributed by atoms with Crippen LogP contribution < -0.4 is 5.32 Å².